The van der Waals surface area contributed by atoms with Gasteiger partial charge in [0.2, 0.25) is 0 Å². The van der Waals surface area contributed by atoms with E-state index >= 15 is 0 Å². The molecule has 158 valence electrons. The third-order valence-electron chi connectivity index (χ3n) is 5.30. The molecule has 4 heteroatoms. The summed E-state index contributed by atoms with van der Waals surface area (Å²) >= 11 is 0. The second-order valence-corrected chi connectivity index (χ2v) is 8.07. The largest absolute Gasteiger partial charge is 0.504 e. The Morgan fingerprint density at radius 3 is 2.45 bits per heavy atom. The first-order valence-electron chi connectivity index (χ1n) is 10.5. The van der Waals surface area contributed by atoms with Crippen molar-refractivity contribution in [3.05, 3.63) is 70.6 Å². The normalized spacial score (nSPS) is 17.9. The van der Waals surface area contributed by atoms with E-state index in [4.69, 9.17) is 9.15 Å². The highest BCUT2D eigenvalue weighted by atomic mass is 16.6. The highest BCUT2D eigenvalue weighted by Gasteiger charge is 2.26. The number of aryl methyl sites for hydroxylation is 1. The fraction of sp³-hybridized carbons (Fsp3) is 0.480. The van der Waals surface area contributed by atoms with Crippen LogP contribution in [0.4, 0.5) is 0 Å². The van der Waals surface area contributed by atoms with E-state index < -0.39 is 5.97 Å². The summed E-state index contributed by atoms with van der Waals surface area (Å²) in [5.41, 5.74) is 4.41. The fourth-order valence-corrected chi connectivity index (χ4v) is 3.32. The van der Waals surface area contributed by atoms with Crippen LogP contribution in [0.1, 0.15) is 71.8 Å². The van der Waals surface area contributed by atoms with E-state index in [0.717, 1.165) is 38.5 Å². The minimum absolute atomic E-state index is 0.0261. The number of carbonyl (C=O) groups is 1. The summed E-state index contributed by atoms with van der Waals surface area (Å²) in [7, 11) is 0. The lowest BCUT2D eigenvalue weighted by Crippen LogP contribution is -1.97. The Kier molecular flexibility index (Phi) is 9.04. The molecule has 0 radical (unpaired) electrons. The summed E-state index contributed by atoms with van der Waals surface area (Å²) in [6, 6.07) is 2.02. The van der Waals surface area contributed by atoms with Crippen molar-refractivity contribution in [1.82, 2.24) is 0 Å². The van der Waals surface area contributed by atoms with Gasteiger partial charge in [-0.05, 0) is 89.3 Å². The van der Waals surface area contributed by atoms with Crippen LogP contribution in [-0.4, -0.2) is 11.1 Å². The number of cyclic esters (lactones) is 1. The van der Waals surface area contributed by atoms with Gasteiger partial charge in [-0.1, -0.05) is 30.2 Å². The number of rotatable bonds is 11. The van der Waals surface area contributed by atoms with Gasteiger partial charge in [0.15, 0.2) is 11.5 Å². The van der Waals surface area contributed by atoms with Crippen molar-refractivity contribution in [3.63, 3.8) is 0 Å². The zero-order valence-electron chi connectivity index (χ0n) is 18.2. The van der Waals surface area contributed by atoms with E-state index in [1.54, 1.807) is 13.2 Å². The molecule has 2 heterocycles. The Hall–Kier alpha value is -2.49. The van der Waals surface area contributed by atoms with Gasteiger partial charge < -0.3 is 14.3 Å². The second-order valence-electron chi connectivity index (χ2n) is 8.07. The number of hydrogen-bond acceptors (Lipinski definition) is 4. The predicted octanol–water partition coefficient (Wildman–Crippen LogP) is 6.96. The van der Waals surface area contributed by atoms with Gasteiger partial charge in [-0.2, -0.15) is 0 Å². The van der Waals surface area contributed by atoms with E-state index in [9.17, 15) is 9.90 Å². The van der Waals surface area contributed by atoms with Crippen molar-refractivity contribution >= 4 is 5.97 Å². The minimum atomic E-state index is -0.456. The maximum Gasteiger partial charge on any atom is 0.343 e. The molecule has 1 N–H and O–H groups in total. The van der Waals surface area contributed by atoms with Crippen LogP contribution in [0.25, 0.3) is 0 Å². The molecule has 1 atom stereocenters. The maximum absolute atomic E-state index is 11.4. The summed E-state index contributed by atoms with van der Waals surface area (Å²) in [5, 5.41) is 9.88. The number of furan rings is 1. The lowest BCUT2D eigenvalue weighted by Gasteiger charge is -2.07. The van der Waals surface area contributed by atoms with Gasteiger partial charge in [0.05, 0.1) is 18.1 Å². The zero-order valence-corrected chi connectivity index (χ0v) is 18.2. The molecule has 0 saturated heterocycles. The number of esters is 1. The number of ether oxygens (including phenoxy) is 1. The number of hydrogen-bond donors (Lipinski definition) is 1. The molecule has 0 amide bonds. The first-order valence-corrected chi connectivity index (χ1v) is 10.5. The number of carbonyl (C=O) groups excluding carboxylic acids is 1. The van der Waals surface area contributed by atoms with Crippen LogP contribution in [0.15, 0.2) is 69.5 Å². The van der Waals surface area contributed by atoms with Crippen molar-refractivity contribution in [2.45, 2.75) is 72.6 Å². The molecule has 1 aromatic heterocycles. The summed E-state index contributed by atoms with van der Waals surface area (Å²) in [4.78, 5) is 11.4. The maximum atomic E-state index is 11.4. The molecule has 1 aromatic rings. The average molecular weight is 399 g/mol. The molecule has 0 bridgehead atoms. The van der Waals surface area contributed by atoms with Crippen molar-refractivity contribution in [3.8, 4) is 0 Å². The van der Waals surface area contributed by atoms with E-state index in [1.807, 2.05) is 18.4 Å². The first-order chi connectivity index (χ1) is 13.9. The van der Waals surface area contributed by atoms with E-state index in [2.05, 4.69) is 32.9 Å². The molecular formula is C25H34O4. The number of aliphatic hydroxyl groups is 1. The molecule has 0 spiro atoms. The zero-order chi connectivity index (χ0) is 21.2. The van der Waals surface area contributed by atoms with E-state index in [-0.39, 0.29) is 17.3 Å². The topological polar surface area (TPSA) is 59.7 Å². The third kappa shape index (κ3) is 7.80. The standard InChI is InChI=1S/C25H34O4/c1-18(8-5-9-19(2)11-7-13-22-14-15-28-17-22)10-6-12-20(3)16-23-24(26)21(4)25(27)29-23/h10-11,14-17,20,26H,5-9,12-13H2,1-4H3/b18-10-,19-11?,23-16-/t20-/m1/s1. The molecule has 29 heavy (non-hydrogen) atoms. The van der Waals surface area contributed by atoms with Gasteiger partial charge >= 0.3 is 5.97 Å². The van der Waals surface area contributed by atoms with Crippen LogP contribution in [0.3, 0.4) is 0 Å². The van der Waals surface area contributed by atoms with Crippen molar-refractivity contribution < 1.29 is 19.1 Å². The first kappa shape index (κ1) is 22.8. The lowest BCUT2D eigenvalue weighted by atomic mass is 10.0. The van der Waals surface area contributed by atoms with Crippen LogP contribution in [0, 0.1) is 5.92 Å². The van der Waals surface area contributed by atoms with Crippen LogP contribution in [0.5, 0.6) is 0 Å². The molecule has 0 saturated carbocycles. The molecule has 4 nitrogen and oxygen atoms in total. The lowest BCUT2D eigenvalue weighted by molar-refractivity contribution is -0.133. The summed E-state index contributed by atoms with van der Waals surface area (Å²) in [6.45, 7) is 8.05. The Bertz CT molecular complexity index is 791. The van der Waals surface area contributed by atoms with Crippen LogP contribution in [0.2, 0.25) is 0 Å². The average Bonchev–Trinajstić information content (AvgIpc) is 3.27. The number of allylic oxidation sites excluding steroid dienone is 5. The highest BCUT2D eigenvalue weighted by Crippen LogP contribution is 2.26. The SMILES string of the molecule is CC(=CCCc1ccoc1)CCC/C(C)=C\CC[C@@H](C)/C=C1\OC(=O)C(C)=C1O. The van der Waals surface area contributed by atoms with E-state index in [1.165, 1.54) is 23.1 Å². The summed E-state index contributed by atoms with van der Waals surface area (Å²) in [5.74, 6) is 0.0512. The Labute approximate surface area is 174 Å². The van der Waals surface area contributed by atoms with Crippen LogP contribution >= 0.6 is 0 Å². The summed E-state index contributed by atoms with van der Waals surface area (Å²) in [6.07, 6.45) is 17.5. The fourth-order valence-electron chi connectivity index (χ4n) is 3.32. The van der Waals surface area contributed by atoms with Gasteiger partial charge in [0.25, 0.3) is 0 Å². The minimum Gasteiger partial charge on any atom is -0.504 e. The molecular weight excluding hydrogens is 364 g/mol. The Morgan fingerprint density at radius 1 is 1.17 bits per heavy atom. The Balaban J connectivity index is 1.64. The van der Waals surface area contributed by atoms with Gasteiger partial charge in [0.1, 0.15) is 0 Å². The second kappa shape index (κ2) is 11.5. The van der Waals surface area contributed by atoms with E-state index in [0.29, 0.717) is 5.76 Å². The Morgan fingerprint density at radius 2 is 1.86 bits per heavy atom. The molecule has 1 aliphatic rings. The molecule has 1 aliphatic heterocycles. The van der Waals surface area contributed by atoms with Gasteiger partial charge in [-0.3, -0.25) is 0 Å². The van der Waals surface area contributed by atoms with Crippen molar-refractivity contribution in [2.75, 3.05) is 0 Å². The molecule has 0 unspecified atom stereocenters. The smallest absolute Gasteiger partial charge is 0.343 e. The quantitative estimate of drug-likeness (QED) is 0.323. The predicted molar refractivity (Wildman–Crippen MR) is 116 cm³/mol. The highest BCUT2D eigenvalue weighted by molar-refractivity contribution is 5.93. The summed E-state index contributed by atoms with van der Waals surface area (Å²) < 4.78 is 10.2. The molecule has 0 aliphatic carbocycles. The van der Waals surface area contributed by atoms with Crippen molar-refractivity contribution in [1.29, 1.82) is 0 Å². The van der Waals surface area contributed by atoms with Gasteiger partial charge in [-0.15, -0.1) is 0 Å². The monoisotopic (exact) mass is 398 g/mol. The molecule has 2 rings (SSSR count). The van der Waals surface area contributed by atoms with Crippen molar-refractivity contribution in [2.24, 2.45) is 5.92 Å². The third-order valence-corrected chi connectivity index (χ3v) is 5.30. The van der Waals surface area contributed by atoms with Gasteiger partial charge in [-0.25, -0.2) is 4.79 Å². The van der Waals surface area contributed by atoms with Gasteiger partial charge in [0, 0.05) is 0 Å². The molecule has 0 fully saturated rings. The molecule has 0 aromatic carbocycles. The number of aliphatic hydroxyl groups excluding tert-OH is 1. The van der Waals surface area contributed by atoms with Crippen LogP contribution < -0.4 is 0 Å². The van der Waals surface area contributed by atoms with Crippen LogP contribution in [-0.2, 0) is 16.0 Å².